The Kier molecular flexibility index (Phi) is 6.84. The molecule has 1 N–H and O–H groups in total. The quantitative estimate of drug-likeness (QED) is 0.756. The van der Waals surface area contributed by atoms with Crippen molar-refractivity contribution in [3.63, 3.8) is 0 Å². The van der Waals surface area contributed by atoms with Gasteiger partial charge < -0.3 is 10.2 Å². The first kappa shape index (κ1) is 18.7. The number of rotatable bonds is 7. The minimum atomic E-state index is 0.115. The second-order valence-electron chi connectivity index (χ2n) is 7.32. The molecule has 3 heteroatoms. The molecule has 2 aromatic carbocycles. The summed E-state index contributed by atoms with van der Waals surface area (Å²) >= 11 is 0. The van der Waals surface area contributed by atoms with Crippen molar-refractivity contribution in [2.75, 3.05) is 19.6 Å². The summed E-state index contributed by atoms with van der Waals surface area (Å²) in [5.41, 5.74) is 3.45. The molecular weight excluding hydrogens is 320 g/mol. The number of piperidine rings is 1. The van der Waals surface area contributed by atoms with Gasteiger partial charge in [0.2, 0.25) is 5.91 Å². The van der Waals surface area contributed by atoms with Crippen LogP contribution in [0.2, 0.25) is 0 Å². The fraction of sp³-hybridized carbons (Fsp3) is 0.435. The van der Waals surface area contributed by atoms with Crippen molar-refractivity contribution in [3.05, 3.63) is 60.2 Å². The van der Waals surface area contributed by atoms with Crippen molar-refractivity contribution in [2.24, 2.45) is 0 Å². The predicted octanol–water partition coefficient (Wildman–Crippen LogP) is 4.28. The third-order valence-corrected chi connectivity index (χ3v) is 5.31. The normalized spacial score (nSPS) is 17.8. The number of carbonyl (C=O) groups excluding carboxylic acids is 1. The Balaban J connectivity index is 1.39. The van der Waals surface area contributed by atoms with Gasteiger partial charge in [0.1, 0.15) is 0 Å². The number of nitrogens with one attached hydrogen (secondary N) is 1. The van der Waals surface area contributed by atoms with Gasteiger partial charge in [-0.3, -0.25) is 4.79 Å². The first-order valence-corrected chi connectivity index (χ1v) is 9.87. The third kappa shape index (κ3) is 5.43. The largest absolute Gasteiger partial charge is 0.356 e. The summed E-state index contributed by atoms with van der Waals surface area (Å²) in [5, 5.41) is 3.07. The first-order valence-electron chi connectivity index (χ1n) is 9.87. The maximum Gasteiger partial charge on any atom is 0.224 e. The molecule has 1 amide bonds. The average Bonchev–Trinajstić information content (AvgIpc) is 2.68. The molecule has 0 aliphatic carbocycles. The molecule has 3 rings (SSSR count). The van der Waals surface area contributed by atoms with Gasteiger partial charge in [0.25, 0.3) is 0 Å². The van der Waals surface area contributed by atoms with Crippen molar-refractivity contribution in [3.8, 4) is 11.1 Å². The van der Waals surface area contributed by atoms with Crippen LogP contribution in [0.5, 0.6) is 0 Å². The highest BCUT2D eigenvalue weighted by molar-refractivity contribution is 5.78. The number of hydrogen-bond donors (Lipinski definition) is 1. The van der Waals surface area contributed by atoms with Crippen LogP contribution in [-0.2, 0) is 11.2 Å². The van der Waals surface area contributed by atoms with E-state index >= 15 is 0 Å². The highest BCUT2D eigenvalue weighted by atomic mass is 16.1. The number of hydrogen-bond acceptors (Lipinski definition) is 2. The molecule has 1 fully saturated rings. The fourth-order valence-corrected chi connectivity index (χ4v) is 3.69. The summed E-state index contributed by atoms with van der Waals surface area (Å²) < 4.78 is 0. The molecule has 1 unspecified atom stereocenters. The van der Waals surface area contributed by atoms with Crippen LogP contribution >= 0.6 is 0 Å². The number of benzene rings is 2. The predicted molar refractivity (Wildman–Crippen MR) is 108 cm³/mol. The molecule has 0 aromatic heterocycles. The Bertz CT molecular complexity index is 681. The van der Waals surface area contributed by atoms with E-state index in [1.165, 1.54) is 36.9 Å². The lowest BCUT2D eigenvalue weighted by Gasteiger charge is -2.33. The maximum absolute atomic E-state index is 12.2. The van der Waals surface area contributed by atoms with Gasteiger partial charge in [0.05, 0.1) is 6.42 Å². The van der Waals surface area contributed by atoms with Crippen LogP contribution in [0.15, 0.2) is 54.6 Å². The van der Waals surface area contributed by atoms with E-state index in [4.69, 9.17) is 0 Å². The molecule has 26 heavy (non-hydrogen) atoms. The van der Waals surface area contributed by atoms with Crippen molar-refractivity contribution < 1.29 is 4.79 Å². The van der Waals surface area contributed by atoms with Gasteiger partial charge in [-0.25, -0.2) is 0 Å². The monoisotopic (exact) mass is 350 g/mol. The van der Waals surface area contributed by atoms with E-state index in [9.17, 15) is 4.79 Å². The van der Waals surface area contributed by atoms with Gasteiger partial charge in [-0.1, -0.05) is 61.0 Å². The van der Waals surface area contributed by atoms with E-state index in [1.54, 1.807) is 0 Å². The number of likely N-dealkylation sites (tertiary alicyclic amines) is 1. The van der Waals surface area contributed by atoms with Crippen LogP contribution in [0, 0.1) is 0 Å². The highest BCUT2D eigenvalue weighted by Gasteiger charge is 2.17. The van der Waals surface area contributed by atoms with Crippen molar-refractivity contribution in [1.29, 1.82) is 0 Å². The summed E-state index contributed by atoms with van der Waals surface area (Å²) in [6.45, 7) is 5.39. The molecule has 0 saturated carbocycles. The fourth-order valence-electron chi connectivity index (χ4n) is 3.69. The van der Waals surface area contributed by atoms with Gasteiger partial charge in [0.15, 0.2) is 0 Å². The van der Waals surface area contributed by atoms with E-state index < -0.39 is 0 Å². The molecule has 138 valence electrons. The minimum absolute atomic E-state index is 0.115. The Labute approximate surface area is 157 Å². The second kappa shape index (κ2) is 9.54. The van der Waals surface area contributed by atoms with Gasteiger partial charge >= 0.3 is 0 Å². The van der Waals surface area contributed by atoms with Crippen molar-refractivity contribution >= 4 is 5.91 Å². The zero-order valence-corrected chi connectivity index (χ0v) is 15.8. The van der Waals surface area contributed by atoms with E-state index in [0.717, 1.165) is 25.1 Å². The Morgan fingerprint density at radius 3 is 2.50 bits per heavy atom. The van der Waals surface area contributed by atoms with Gasteiger partial charge in [-0.15, -0.1) is 0 Å². The molecule has 0 radical (unpaired) electrons. The minimum Gasteiger partial charge on any atom is -0.356 e. The molecule has 2 aromatic rings. The SMILES string of the molecule is CC1CCCCN1CCCNC(=O)Cc1ccc(-c2ccccc2)cc1. The summed E-state index contributed by atoms with van der Waals surface area (Å²) in [6, 6.07) is 19.3. The smallest absolute Gasteiger partial charge is 0.224 e. The molecule has 3 nitrogen and oxygen atoms in total. The van der Waals surface area contributed by atoms with E-state index in [0.29, 0.717) is 12.5 Å². The van der Waals surface area contributed by atoms with E-state index in [2.05, 4.69) is 53.5 Å². The number of nitrogens with zero attached hydrogens (tertiary/aromatic N) is 1. The Morgan fingerprint density at radius 2 is 1.77 bits per heavy atom. The van der Waals surface area contributed by atoms with Crippen LogP contribution in [0.25, 0.3) is 11.1 Å². The van der Waals surface area contributed by atoms with Gasteiger partial charge in [-0.05, 0) is 49.4 Å². The summed E-state index contributed by atoms with van der Waals surface area (Å²) in [6.07, 6.45) is 5.47. The van der Waals surface area contributed by atoms with Crippen LogP contribution < -0.4 is 5.32 Å². The van der Waals surface area contributed by atoms with Gasteiger partial charge in [0, 0.05) is 19.1 Å². The standard InChI is InChI=1S/C23H30N2O/c1-19-8-5-6-16-25(19)17-7-15-24-23(26)18-20-11-13-22(14-12-20)21-9-3-2-4-10-21/h2-4,9-14,19H,5-8,15-18H2,1H3,(H,24,26). The molecular formula is C23H30N2O. The zero-order chi connectivity index (χ0) is 18.2. The Hall–Kier alpha value is -2.13. The van der Waals surface area contributed by atoms with Crippen molar-refractivity contribution in [1.82, 2.24) is 10.2 Å². The highest BCUT2D eigenvalue weighted by Crippen LogP contribution is 2.19. The molecule has 1 heterocycles. The zero-order valence-electron chi connectivity index (χ0n) is 15.8. The number of carbonyl (C=O) groups is 1. The lowest BCUT2D eigenvalue weighted by atomic mass is 10.0. The molecule has 0 bridgehead atoms. The summed E-state index contributed by atoms with van der Waals surface area (Å²) in [4.78, 5) is 14.7. The van der Waals surface area contributed by atoms with Crippen molar-refractivity contribution in [2.45, 2.75) is 45.1 Å². The maximum atomic E-state index is 12.2. The Morgan fingerprint density at radius 1 is 1.04 bits per heavy atom. The molecule has 1 atom stereocenters. The average molecular weight is 351 g/mol. The van der Waals surface area contributed by atoms with E-state index in [1.807, 2.05) is 18.2 Å². The van der Waals surface area contributed by atoms with Crippen LogP contribution in [-0.4, -0.2) is 36.5 Å². The molecule has 1 aliphatic heterocycles. The molecule has 0 spiro atoms. The topological polar surface area (TPSA) is 32.3 Å². The van der Waals surface area contributed by atoms with E-state index in [-0.39, 0.29) is 5.91 Å². The lowest BCUT2D eigenvalue weighted by molar-refractivity contribution is -0.120. The van der Waals surface area contributed by atoms with Crippen LogP contribution in [0.1, 0.15) is 38.2 Å². The third-order valence-electron chi connectivity index (χ3n) is 5.31. The molecule has 1 aliphatic rings. The first-order chi connectivity index (χ1) is 12.7. The number of amides is 1. The summed E-state index contributed by atoms with van der Waals surface area (Å²) in [5.74, 6) is 0.115. The summed E-state index contributed by atoms with van der Waals surface area (Å²) in [7, 11) is 0. The second-order valence-corrected chi connectivity index (χ2v) is 7.32. The molecule has 1 saturated heterocycles. The lowest BCUT2D eigenvalue weighted by Crippen LogP contribution is -2.39. The van der Waals surface area contributed by atoms with Crippen LogP contribution in [0.4, 0.5) is 0 Å². The van der Waals surface area contributed by atoms with Gasteiger partial charge in [-0.2, -0.15) is 0 Å². The van der Waals surface area contributed by atoms with Crippen LogP contribution in [0.3, 0.4) is 0 Å².